The molecule has 1 aliphatic heterocycles. The second kappa shape index (κ2) is 2.86. The van der Waals surface area contributed by atoms with E-state index in [1.165, 1.54) is 6.66 Å². The first kappa shape index (κ1) is 8.28. The quantitative estimate of drug-likeness (QED) is 0.429. The average Bonchev–Trinajstić information content (AvgIpc) is 2.02. The molecule has 1 aliphatic carbocycles. The normalized spacial score (nSPS) is 40.4. The van der Waals surface area contributed by atoms with Gasteiger partial charge in [0.25, 0.3) is 0 Å². The third kappa shape index (κ3) is 1.55. The van der Waals surface area contributed by atoms with Crippen molar-refractivity contribution in [1.29, 1.82) is 0 Å². The maximum atomic E-state index is 11.4. The summed E-state index contributed by atoms with van der Waals surface area (Å²) in [5, 5.41) is 0. The van der Waals surface area contributed by atoms with Gasteiger partial charge in [0.2, 0.25) is 0 Å². The molecule has 66 valence electrons. The van der Waals surface area contributed by atoms with Gasteiger partial charge in [-0.1, -0.05) is 0 Å². The molecule has 0 aromatic rings. The van der Waals surface area contributed by atoms with Crippen molar-refractivity contribution in [3.63, 3.8) is 0 Å². The minimum Gasteiger partial charge on any atom is -0.304 e. The van der Waals surface area contributed by atoms with Crippen LogP contribution >= 0.6 is 7.60 Å². The van der Waals surface area contributed by atoms with E-state index in [0.717, 1.165) is 18.4 Å². The summed E-state index contributed by atoms with van der Waals surface area (Å²) in [5.41, 5.74) is 4.07. The molecule has 0 aromatic heterocycles. The molecule has 12 heavy (non-hydrogen) atoms. The topological polar surface area (TPSA) is 35.5 Å². The Kier molecular flexibility index (Phi) is 1.97. The standard InChI is InChI=1S/C8H11O3P/c1-12(9)10-6-7-4-2-3-5-8(7)11-12/h2,8H,3,5-6H2,1H3. The van der Waals surface area contributed by atoms with Gasteiger partial charge in [0.15, 0.2) is 0 Å². The van der Waals surface area contributed by atoms with Crippen LogP contribution in [0.5, 0.6) is 0 Å². The van der Waals surface area contributed by atoms with Gasteiger partial charge in [-0.3, -0.25) is 4.57 Å². The predicted molar refractivity (Wildman–Crippen MR) is 45.2 cm³/mol. The average molecular weight is 186 g/mol. The van der Waals surface area contributed by atoms with Crippen LogP contribution in [0.1, 0.15) is 12.8 Å². The zero-order valence-corrected chi connectivity index (χ0v) is 7.84. The van der Waals surface area contributed by atoms with E-state index in [1.807, 2.05) is 6.08 Å². The summed E-state index contributed by atoms with van der Waals surface area (Å²) < 4.78 is 21.7. The molecule has 2 atom stereocenters. The van der Waals surface area contributed by atoms with Gasteiger partial charge in [0.05, 0.1) is 12.7 Å². The van der Waals surface area contributed by atoms with Gasteiger partial charge >= 0.3 is 7.60 Å². The van der Waals surface area contributed by atoms with Gasteiger partial charge in [-0.15, -0.1) is 5.73 Å². The van der Waals surface area contributed by atoms with Crippen molar-refractivity contribution >= 4 is 7.60 Å². The van der Waals surface area contributed by atoms with Crippen molar-refractivity contribution in [2.24, 2.45) is 0 Å². The largest absolute Gasteiger partial charge is 0.328 e. The first-order valence-corrected chi connectivity index (χ1v) is 6.01. The molecule has 0 amide bonds. The Morgan fingerprint density at radius 2 is 2.58 bits per heavy atom. The van der Waals surface area contributed by atoms with E-state index in [4.69, 9.17) is 9.05 Å². The molecule has 2 aliphatic rings. The van der Waals surface area contributed by atoms with Crippen LogP contribution in [0.3, 0.4) is 0 Å². The molecular formula is C8H11O3P. The second-order valence-electron chi connectivity index (χ2n) is 3.09. The first-order valence-electron chi connectivity index (χ1n) is 4.02. The minimum atomic E-state index is -2.75. The first-order chi connectivity index (χ1) is 5.67. The third-order valence-electron chi connectivity index (χ3n) is 2.02. The summed E-state index contributed by atoms with van der Waals surface area (Å²) >= 11 is 0. The van der Waals surface area contributed by atoms with E-state index in [-0.39, 0.29) is 6.10 Å². The monoisotopic (exact) mass is 186 g/mol. The summed E-state index contributed by atoms with van der Waals surface area (Å²) in [6.07, 6.45) is 3.82. The highest BCUT2D eigenvalue weighted by molar-refractivity contribution is 7.53. The molecule has 2 rings (SSSR count). The van der Waals surface area contributed by atoms with Crippen LogP contribution in [0, 0.1) is 0 Å². The summed E-state index contributed by atoms with van der Waals surface area (Å²) in [7, 11) is -2.75. The van der Waals surface area contributed by atoms with Gasteiger partial charge in [-0.2, -0.15) is 0 Å². The molecule has 4 heteroatoms. The molecule has 0 saturated carbocycles. The van der Waals surface area contributed by atoms with Gasteiger partial charge in [0, 0.05) is 12.2 Å². The Balaban J connectivity index is 2.24. The number of hydrogen-bond acceptors (Lipinski definition) is 3. The molecule has 0 spiro atoms. The lowest BCUT2D eigenvalue weighted by molar-refractivity contribution is 0.126. The number of rotatable bonds is 0. The molecule has 1 heterocycles. The van der Waals surface area contributed by atoms with Crippen molar-refractivity contribution in [2.45, 2.75) is 18.9 Å². The highest BCUT2D eigenvalue weighted by atomic mass is 31.2. The van der Waals surface area contributed by atoms with Crippen molar-refractivity contribution in [1.82, 2.24) is 0 Å². The van der Waals surface area contributed by atoms with Gasteiger partial charge in [-0.05, 0) is 18.9 Å². The van der Waals surface area contributed by atoms with Crippen LogP contribution in [0.4, 0.5) is 0 Å². The van der Waals surface area contributed by atoms with Crippen LogP contribution in [-0.4, -0.2) is 19.4 Å². The predicted octanol–water partition coefficient (Wildman–Crippen LogP) is 2.10. The lowest BCUT2D eigenvalue weighted by Gasteiger charge is -2.29. The molecule has 0 N–H and O–H groups in total. The van der Waals surface area contributed by atoms with E-state index in [0.29, 0.717) is 6.61 Å². The van der Waals surface area contributed by atoms with E-state index in [9.17, 15) is 4.57 Å². The Labute approximate surface area is 71.6 Å². The second-order valence-corrected chi connectivity index (χ2v) is 5.10. The Bertz CT molecular complexity index is 301. The highest BCUT2D eigenvalue weighted by Crippen LogP contribution is 2.50. The van der Waals surface area contributed by atoms with Crippen LogP contribution in [0.25, 0.3) is 0 Å². The maximum absolute atomic E-state index is 11.4. The Morgan fingerprint density at radius 1 is 1.75 bits per heavy atom. The third-order valence-corrected chi connectivity index (χ3v) is 3.26. The summed E-state index contributed by atoms with van der Waals surface area (Å²) in [6, 6.07) is 0. The zero-order chi connectivity index (χ0) is 8.60. The van der Waals surface area contributed by atoms with E-state index in [2.05, 4.69) is 5.73 Å². The Hall–Kier alpha value is -0.330. The van der Waals surface area contributed by atoms with Crippen molar-refractivity contribution in [3.05, 3.63) is 17.4 Å². The number of fused-ring (bicyclic) bond motifs is 1. The van der Waals surface area contributed by atoms with Crippen LogP contribution < -0.4 is 0 Å². The van der Waals surface area contributed by atoms with Crippen LogP contribution in [0.2, 0.25) is 0 Å². The highest BCUT2D eigenvalue weighted by Gasteiger charge is 2.32. The fraction of sp³-hybridized carbons (Fsp3) is 0.625. The molecule has 0 bridgehead atoms. The fourth-order valence-electron chi connectivity index (χ4n) is 1.40. The van der Waals surface area contributed by atoms with E-state index >= 15 is 0 Å². The molecule has 1 saturated heterocycles. The van der Waals surface area contributed by atoms with Crippen molar-refractivity contribution < 1.29 is 13.6 Å². The van der Waals surface area contributed by atoms with Crippen molar-refractivity contribution in [3.8, 4) is 0 Å². The lowest BCUT2D eigenvalue weighted by Crippen LogP contribution is -2.24. The Morgan fingerprint density at radius 3 is 3.42 bits per heavy atom. The van der Waals surface area contributed by atoms with Crippen LogP contribution in [-0.2, 0) is 13.6 Å². The fourth-order valence-corrected chi connectivity index (χ4v) is 2.53. The molecule has 1 fully saturated rings. The van der Waals surface area contributed by atoms with Gasteiger partial charge in [0.1, 0.15) is 0 Å². The molecular weight excluding hydrogens is 175 g/mol. The molecule has 0 radical (unpaired) electrons. The summed E-state index contributed by atoms with van der Waals surface area (Å²) in [6.45, 7) is 1.93. The maximum Gasteiger partial charge on any atom is 0.328 e. The number of hydrogen-bond donors (Lipinski definition) is 0. The zero-order valence-electron chi connectivity index (χ0n) is 6.95. The molecule has 3 nitrogen and oxygen atoms in total. The molecule has 0 aromatic carbocycles. The van der Waals surface area contributed by atoms with Crippen molar-refractivity contribution in [2.75, 3.05) is 13.3 Å². The SMILES string of the molecule is CP1(=O)OCC2=C=CCCC2O1. The van der Waals surface area contributed by atoms with Gasteiger partial charge < -0.3 is 9.05 Å². The summed E-state index contributed by atoms with van der Waals surface area (Å²) in [5.74, 6) is 0. The summed E-state index contributed by atoms with van der Waals surface area (Å²) in [4.78, 5) is 0. The van der Waals surface area contributed by atoms with Crippen LogP contribution in [0.15, 0.2) is 17.4 Å². The molecule has 2 unspecified atom stereocenters. The minimum absolute atomic E-state index is 0.0143. The smallest absolute Gasteiger partial charge is 0.304 e. The lowest BCUT2D eigenvalue weighted by atomic mass is 10.0. The van der Waals surface area contributed by atoms with E-state index < -0.39 is 7.60 Å². The van der Waals surface area contributed by atoms with E-state index in [1.54, 1.807) is 0 Å². The van der Waals surface area contributed by atoms with Gasteiger partial charge in [-0.25, -0.2) is 0 Å².